The van der Waals surface area contributed by atoms with Crippen molar-refractivity contribution in [1.82, 2.24) is 0 Å². The predicted octanol–water partition coefficient (Wildman–Crippen LogP) is 4.14. The van der Waals surface area contributed by atoms with Gasteiger partial charge in [0.25, 0.3) is 0 Å². The van der Waals surface area contributed by atoms with Crippen molar-refractivity contribution in [3.05, 3.63) is 63.1 Å². The number of nitrogens with two attached hydrogens (primary N) is 1. The molecule has 0 radical (unpaired) electrons. The van der Waals surface area contributed by atoms with Crippen LogP contribution < -0.4 is 10.5 Å². The molecule has 0 aliphatic carbocycles. The Hall–Kier alpha value is -1.03. The van der Waals surface area contributed by atoms with Gasteiger partial charge in [0.15, 0.2) is 0 Å². The molecule has 2 nitrogen and oxygen atoms in total. The summed E-state index contributed by atoms with van der Waals surface area (Å²) in [6, 6.07) is 13.5. The molecule has 0 aliphatic heterocycles. The molecule has 18 heavy (non-hydrogen) atoms. The van der Waals surface area contributed by atoms with Gasteiger partial charge in [0.05, 0.1) is 5.02 Å². The van der Waals surface area contributed by atoms with Crippen LogP contribution in [-0.4, -0.2) is 0 Å². The minimum atomic E-state index is 0.467. The van der Waals surface area contributed by atoms with Crippen molar-refractivity contribution in [2.75, 3.05) is 0 Å². The molecule has 0 amide bonds. The van der Waals surface area contributed by atoms with Gasteiger partial charge in [-0.3, -0.25) is 0 Å². The van der Waals surface area contributed by atoms with Gasteiger partial charge in [0, 0.05) is 11.0 Å². The van der Waals surface area contributed by atoms with E-state index in [-0.39, 0.29) is 0 Å². The summed E-state index contributed by atoms with van der Waals surface area (Å²) in [7, 11) is 0. The highest BCUT2D eigenvalue weighted by molar-refractivity contribution is 9.10. The summed E-state index contributed by atoms with van der Waals surface area (Å²) in [6.45, 7) is 0.975. The minimum absolute atomic E-state index is 0.467. The van der Waals surface area contributed by atoms with Gasteiger partial charge in [0.1, 0.15) is 12.4 Å². The fraction of sp³-hybridized carbons (Fsp3) is 0.143. The Morgan fingerprint density at radius 2 is 1.83 bits per heavy atom. The normalized spacial score (nSPS) is 10.4. The summed E-state index contributed by atoms with van der Waals surface area (Å²) in [4.78, 5) is 0. The Balaban J connectivity index is 2.11. The van der Waals surface area contributed by atoms with Crippen LogP contribution >= 0.6 is 27.5 Å². The number of hydrogen-bond donors (Lipinski definition) is 1. The molecule has 0 saturated heterocycles. The third kappa shape index (κ3) is 3.25. The third-order valence-corrected chi connectivity index (χ3v) is 3.40. The summed E-state index contributed by atoms with van der Waals surface area (Å²) in [5.74, 6) is 0.673. The first-order chi connectivity index (χ1) is 8.70. The molecule has 2 rings (SSSR count). The second kappa shape index (κ2) is 6.23. The van der Waals surface area contributed by atoms with Gasteiger partial charge in [0.2, 0.25) is 0 Å². The molecule has 2 N–H and O–H groups in total. The average Bonchev–Trinajstić information content (AvgIpc) is 2.38. The molecule has 0 spiro atoms. The summed E-state index contributed by atoms with van der Waals surface area (Å²) in [5, 5.41) is 0.592. The van der Waals surface area contributed by atoms with Gasteiger partial charge in [-0.15, -0.1) is 0 Å². The molecule has 2 aromatic carbocycles. The maximum atomic E-state index is 6.09. The maximum absolute atomic E-state index is 6.09. The van der Waals surface area contributed by atoms with Crippen molar-refractivity contribution in [2.24, 2.45) is 5.73 Å². The van der Waals surface area contributed by atoms with E-state index in [0.717, 1.165) is 15.6 Å². The monoisotopic (exact) mass is 325 g/mol. The SMILES string of the molecule is NCc1ccccc1COc1ccc(Br)cc1Cl. The van der Waals surface area contributed by atoms with E-state index in [0.29, 0.717) is 23.9 Å². The third-order valence-electron chi connectivity index (χ3n) is 2.62. The van der Waals surface area contributed by atoms with E-state index in [9.17, 15) is 0 Å². The lowest BCUT2D eigenvalue weighted by atomic mass is 10.1. The lowest BCUT2D eigenvalue weighted by Crippen LogP contribution is -2.04. The molecule has 0 aliphatic rings. The Morgan fingerprint density at radius 3 is 2.50 bits per heavy atom. The molecule has 4 heteroatoms. The second-order valence-corrected chi connectivity index (χ2v) is 5.16. The Morgan fingerprint density at radius 1 is 1.11 bits per heavy atom. The van der Waals surface area contributed by atoms with Crippen LogP contribution in [0.15, 0.2) is 46.9 Å². The fourth-order valence-corrected chi connectivity index (χ4v) is 2.37. The quantitative estimate of drug-likeness (QED) is 0.916. The molecule has 0 heterocycles. The van der Waals surface area contributed by atoms with Crippen LogP contribution in [0.25, 0.3) is 0 Å². The molecular weight excluding hydrogens is 314 g/mol. The highest BCUT2D eigenvalue weighted by Crippen LogP contribution is 2.28. The van der Waals surface area contributed by atoms with E-state index in [1.54, 1.807) is 0 Å². The average molecular weight is 327 g/mol. The van der Waals surface area contributed by atoms with Crippen LogP contribution in [0, 0.1) is 0 Å². The van der Waals surface area contributed by atoms with Gasteiger partial charge in [-0.2, -0.15) is 0 Å². The lowest BCUT2D eigenvalue weighted by molar-refractivity contribution is 0.305. The van der Waals surface area contributed by atoms with E-state index in [2.05, 4.69) is 15.9 Å². The van der Waals surface area contributed by atoms with E-state index in [1.165, 1.54) is 0 Å². The molecule has 0 atom stereocenters. The van der Waals surface area contributed by atoms with E-state index in [1.807, 2.05) is 42.5 Å². The largest absolute Gasteiger partial charge is 0.487 e. The summed E-state index contributed by atoms with van der Waals surface area (Å²) in [5.41, 5.74) is 7.85. The van der Waals surface area contributed by atoms with Crippen molar-refractivity contribution < 1.29 is 4.74 Å². The Bertz CT molecular complexity index is 545. The van der Waals surface area contributed by atoms with Crippen molar-refractivity contribution in [3.8, 4) is 5.75 Å². The van der Waals surface area contributed by atoms with Crippen molar-refractivity contribution in [1.29, 1.82) is 0 Å². The highest BCUT2D eigenvalue weighted by Gasteiger charge is 2.04. The zero-order chi connectivity index (χ0) is 13.0. The van der Waals surface area contributed by atoms with E-state index >= 15 is 0 Å². The Kier molecular flexibility index (Phi) is 4.64. The van der Waals surface area contributed by atoms with Crippen LogP contribution in [0.3, 0.4) is 0 Å². The summed E-state index contributed by atoms with van der Waals surface area (Å²) < 4.78 is 6.64. The Labute approximate surface area is 120 Å². The second-order valence-electron chi connectivity index (χ2n) is 3.84. The maximum Gasteiger partial charge on any atom is 0.138 e. The first kappa shape index (κ1) is 13.4. The van der Waals surface area contributed by atoms with Gasteiger partial charge in [-0.05, 0) is 29.3 Å². The fourth-order valence-electron chi connectivity index (χ4n) is 1.65. The molecule has 0 aromatic heterocycles. The van der Waals surface area contributed by atoms with Crippen LogP contribution in [-0.2, 0) is 13.2 Å². The number of ether oxygens (including phenoxy) is 1. The van der Waals surface area contributed by atoms with Crippen molar-refractivity contribution in [2.45, 2.75) is 13.2 Å². The first-order valence-corrected chi connectivity index (χ1v) is 6.72. The number of benzene rings is 2. The highest BCUT2D eigenvalue weighted by atomic mass is 79.9. The van der Waals surface area contributed by atoms with Crippen LogP contribution in [0.5, 0.6) is 5.75 Å². The summed E-state index contributed by atoms with van der Waals surface area (Å²) >= 11 is 9.45. The smallest absolute Gasteiger partial charge is 0.138 e. The van der Waals surface area contributed by atoms with E-state index < -0.39 is 0 Å². The van der Waals surface area contributed by atoms with Crippen LogP contribution in [0.2, 0.25) is 5.02 Å². The minimum Gasteiger partial charge on any atom is -0.487 e. The number of rotatable bonds is 4. The van der Waals surface area contributed by atoms with Gasteiger partial charge < -0.3 is 10.5 Å². The topological polar surface area (TPSA) is 35.2 Å². The zero-order valence-corrected chi connectivity index (χ0v) is 12.0. The number of hydrogen-bond acceptors (Lipinski definition) is 2. The molecule has 0 bridgehead atoms. The molecular formula is C14H13BrClNO. The molecule has 2 aromatic rings. The van der Waals surface area contributed by atoms with Crippen LogP contribution in [0.1, 0.15) is 11.1 Å². The van der Waals surface area contributed by atoms with Gasteiger partial charge in [-0.25, -0.2) is 0 Å². The first-order valence-electron chi connectivity index (χ1n) is 5.55. The molecule has 0 fully saturated rings. The van der Waals surface area contributed by atoms with Gasteiger partial charge >= 0.3 is 0 Å². The summed E-state index contributed by atoms with van der Waals surface area (Å²) in [6.07, 6.45) is 0. The molecule has 94 valence electrons. The zero-order valence-electron chi connectivity index (χ0n) is 9.70. The van der Waals surface area contributed by atoms with Crippen LogP contribution in [0.4, 0.5) is 0 Å². The van der Waals surface area contributed by atoms with Gasteiger partial charge in [-0.1, -0.05) is 51.8 Å². The molecule has 0 unspecified atom stereocenters. The lowest BCUT2D eigenvalue weighted by Gasteiger charge is -2.11. The van der Waals surface area contributed by atoms with Crippen molar-refractivity contribution in [3.63, 3.8) is 0 Å². The van der Waals surface area contributed by atoms with Crippen molar-refractivity contribution >= 4 is 27.5 Å². The predicted molar refractivity (Wildman–Crippen MR) is 77.8 cm³/mol. The van der Waals surface area contributed by atoms with E-state index in [4.69, 9.17) is 22.1 Å². The number of halogens is 2. The standard InChI is InChI=1S/C14H13BrClNO/c15-12-5-6-14(13(16)7-12)18-9-11-4-2-1-3-10(11)8-17/h1-7H,8-9,17H2. The molecule has 0 saturated carbocycles.